The Kier molecular flexibility index (Phi) is 2.86. The van der Waals surface area contributed by atoms with E-state index in [9.17, 15) is 4.79 Å². The van der Waals surface area contributed by atoms with Crippen LogP contribution in [0.1, 0.15) is 25.3 Å². The van der Waals surface area contributed by atoms with Crippen molar-refractivity contribution in [1.29, 1.82) is 0 Å². The van der Waals surface area contributed by atoms with Crippen molar-refractivity contribution in [2.75, 3.05) is 6.61 Å². The van der Waals surface area contributed by atoms with Crippen LogP contribution in [0.15, 0.2) is 30.3 Å². The van der Waals surface area contributed by atoms with Crippen LogP contribution in [-0.2, 0) is 4.79 Å². The van der Waals surface area contributed by atoms with Crippen LogP contribution in [0.3, 0.4) is 0 Å². The Bertz CT molecular complexity index is 405. The van der Waals surface area contributed by atoms with E-state index in [1.165, 1.54) is 0 Å². The second-order valence-corrected chi connectivity index (χ2v) is 3.60. The molecule has 0 atom stereocenters. The van der Waals surface area contributed by atoms with Crippen LogP contribution in [0.2, 0.25) is 0 Å². The number of ketones is 1. The van der Waals surface area contributed by atoms with Crippen molar-refractivity contribution in [2.24, 2.45) is 0 Å². The van der Waals surface area contributed by atoms with Crippen LogP contribution >= 0.6 is 0 Å². The third kappa shape index (κ3) is 2.27. The average Bonchev–Trinajstić information content (AvgIpc) is 2.66. The SMILES string of the molecule is CCOc1cccc(C2=CC(=O)CC2)c1. The van der Waals surface area contributed by atoms with Gasteiger partial charge in [0.2, 0.25) is 0 Å². The third-order valence-electron chi connectivity index (χ3n) is 2.49. The lowest BCUT2D eigenvalue weighted by molar-refractivity contribution is -0.114. The lowest BCUT2D eigenvalue weighted by Gasteiger charge is -2.06. The summed E-state index contributed by atoms with van der Waals surface area (Å²) >= 11 is 0. The van der Waals surface area contributed by atoms with Gasteiger partial charge in [-0.2, -0.15) is 0 Å². The zero-order chi connectivity index (χ0) is 10.7. The molecule has 78 valence electrons. The highest BCUT2D eigenvalue weighted by atomic mass is 16.5. The molecule has 0 saturated heterocycles. The number of rotatable bonds is 3. The first kappa shape index (κ1) is 9.97. The van der Waals surface area contributed by atoms with Gasteiger partial charge in [0.15, 0.2) is 5.78 Å². The highest BCUT2D eigenvalue weighted by molar-refractivity contribution is 6.01. The van der Waals surface area contributed by atoms with Crippen LogP contribution in [0.5, 0.6) is 5.75 Å². The van der Waals surface area contributed by atoms with Gasteiger partial charge in [-0.3, -0.25) is 4.79 Å². The average molecular weight is 202 g/mol. The van der Waals surface area contributed by atoms with Gasteiger partial charge in [-0.05, 0) is 42.7 Å². The number of carbonyl (C=O) groups is 1. The fourth-order valence-electron chi connectivity index (χ4n) is 1.78. The molecule has 0 aromatic heterocycles. The Morgan fingerprint density at radius 3 is 2.87 bits per heavy atom. The maximum Gasteiger partial charge on any atom is 0.156 e. The number of hydrogen-bond donors (Lipinski definition) is 0. The molecule has 1 aliphatic rings. The Labute approximate surface area is 89.6 Å². The van der Waals surface area contributed by atoms with Crippen molar-refractivity contribution in [2.45, 2.75) is 19.8 Å². The summed E-state index contributed by atoms with van der Waals surface area (Å²) in [4.78, 5) is 11.1. The van der Waals surface area contributed by atoms with Gasteiger partial charge in [-0.25, -0.2) is 0 Å². The molecule has 2 rings (SSSR count). The lowest BCUT2D eigenvalue weighted by atomic mass is 10.1. The molecule has 0 heterocycles. The lowest BCUT2D eigenvalue weighted by Crippen LogP contribution is -1.91. The number of ether oxygens (including phenoxy) is 1. The molecule has 1 aromatic rings. The van der Waals surface area contributed by atoms with E-state index in [-0.39, 0.29) is 5.78 Å². The topological polar surface area (TPSA) is 26.3 Å². The molecule has 2 heteroatoms. The molecule has 0 unspecified atom stereocenters. The van der Waals surface area contributed by atoms with Crippen LogP contribution in [0.4, 0.5) is 0 Å². The summed E-state index contributed by atoms with van der Waals surface area (Å²) in [6, 6.07) is 7.91. The fraction of sp³-hybridized carbons (Fsp3) is 0.308. The molecule has 0 bridgehead atoms. The Morgan fingerprint density at radius 2 is 2.20 bits per heavy atom. The van der Waals surface area contributed by atoms with Crippen LogP contribution in [-0.4, -0.2) is 12.4 Å². The number of benzene rings is 1. The summed E-state index contributed by atoms with van der Waals surface area (Å²) < 4.78 is 5.42. The van der Waals surface area contributed by atoms with Crippen molar-refractivity contribution in [1.82, 2.24) is 0 Å². The Morgan fingerprint density at radius 1 is 1.33 bits per heavy atom. The summed E-state index contributed by atoms with van der Waals surface area (Å²) in [6.07, 6.45) is 3.24. The van der Waals surface area contributed by atoms with Gasteiger partial charge in [0.25, 0.3) is 0 Å². The minimum Gasteiger partial charge on any atom is -0.494 e. The standard InChI is InChI=1S/C13H14O2/c1-2-15-13-5-3-4-10(9-13)11-6-7-12(14)8-11/h3-5,8-9H,2,6-7H2,1H3. The van der Waals surface area contributed by atoms with Crippen LogP contribution in [0, 0.1) is 0 Å². The summed E-state index contributed by atoms with van der Waals surface area (Å²) in [5.41, 5.74) is 2.23. The van der Waals surface area contributed by atoms with Crippen molar-refractivity contribution >= 4 is 11.4 Å². The molecule has 0 fully saturated rings. The number of carbonyl (C=O) groups excluding carboxylic acids is 1. The molecule has 15 heavy (non-hydrogen) atoms. The van der Waals surface area contributed by atoms with E-state index in [2.05, 4.69) is 0 Å². The van der Waals surface area contributed by atoms with Crippen molar-refractivity contribution in [3.8, 4) is 5.75 Å². The smallest absolute Gasteiger partial charge is 0.156 e. The molecule has 0 saturated carbocycles. The monoisotopic (exact) mass is 202 g/mol. The van der Waals surface area contributed by atoms with E-state index >= 15 is 0 Å². The first-order chi connectivity index (χ1) is 7.29. The van der Waals surface area contributed by atoms with E-state index in [4.69, 9.17) is 4.74 Å². The summed E-state index contributed by atoms with van der Waals surface area (Å²) in [6.45, 7) is 2.63. The van der Waals surface area contributed by atoms with Crippen LogP contribution in [0.25, 0.3) is 5.57 Å². The second-order valence-electron chi connectivity index (χ2n) is 3.60. The Balaban J connectivity index is 2.25. The minimum atomic E-state index is 0.229. The predicted octanol–water partition coefficient (Wildman–Crippen LogP) is 2.83. The molecule has 2 nitrogen and oxygen atoms in total. The maximum atomic E-state index is 11.1. The van der Waals surface area contributed by atoms with Crippen molar-refractivity contribution in [3.63, 3.8) is 0 Å². The van der Waals surface area contributed by atoms with Crippen molar-refractivity contribution in [3.05, 3.63) is 35.9 Å². The molecule has 0 aliphatic heterocycles. The van der Waals surface area contributed by atoms with Crippen LogP contribution < -0.4 is 4.74 Å². The van der Waals surface area contributed by atoms with Gasteiger partial charge < -0.3 is 4.74 Å². The van der Waals surface area contributed by atoms with Gasteiger partial charge in [-0.15, -0.1) is 0 Å². The van der Waals surface area contributed by atoms with Gasteiger partial charge in [0, 0.05) is 6.42 Å². The highest BCUT2D eigenvalue weighted by Crippen LogP contribution is 2.27. The predicted molar refractivity (Wildman–Crippen MR) is 59.8 cm³/mol. The molecular formula is C13H14O2. The molecular weight excluding hydrogens is 188 g/mol. The first-order valence-electron chi connectivity index (χ1n) is 5.26. The number of hydrogen-bond acceptors (Lipinski definition) is 2. The van der Waals surface area contributed by atoms with Gasteiger partial charge >= 0.3 is 0 Å². The first-order valence-corrected chi connectivity index (χ1v) is 5.26. The van der Waals surface area contributed by atoms with Gasteiger partial charge in [0.1, 0.15) is 5.75 Å². The molecule has 1 aromatic carbocycles. The van der Waals surface area contributed by atoms with E-state index < -0.39 is 0 Å². The largest absolute Gasteiger partial charge is 0.494 e. The summed E-state index contributed by atoms with van der Waals surface area (Å²) in [7, 11) is 0. The number of allylic oxidation sites excluding steroid dienone is 2. The van der Waals surface area contributed by atoms with Gasteiger partial charge in [-0.1, -0.05) is 12.1 Å². The normalized spacial score (nSPS) is 15.3. The molecule has 0 N–H and O–H groups in total. The highest BCUT2D eigenvalue weighted by Gasteiger charge is 2.13. The zero-order valence-electron chi connectivity index (χ0n) is 8.82. The Hall–Kier alpha value is -1.57. The van der Waals surface area contributed by atoms with E-state index in [1.54, 1.807) is 6.08 Å². The zero-order valence-corrected chi connectivity index (χ0v) is 8.82. The quantitative estimate of drug-likeness (QED) is 0.753. The van der Waals surface area contributed by atoms with Crippen molar-refractivity contribution < 1.29 is 9.53 Å². The minimum absolute atomic E-state index is 0.229. The second kappa shape index (κ2) is 4.30. The van der Waals surface area contributed by atoms with E-state index in [0.717, 1.165) is 23.3 Å². The maximum absolute atomic E-state index is 11.1. The molecule has 1 aliphatic carbocycles. The summed E-state index contributed by atoms with van der Waals surface area (Å²) in [5, 5.41) is 0. The molecule has 0 amide bonds. The summed E-state index contributed by atoms with van der Waals surface area (Å²) in [5.74, 6) is 1.10. The molecule has 0 radical (unpaired) electrons. The fourth-order valence-corrected chi connectivity index (χ4v) is 1.78. The van der Waals surface area contributed by atoms with Gasteiger partial charge in [0.05, 0.1) is 6.61 Å². The van der Waals surface area contributed by atoms with E-state index in [0.29, 0.717) is 13.0 Å². The van der Waals surface area contributed by atoms with E-state index in [1.807, 2.05) is 31.2 Å². The third-order valence-corrected chi connectivity index (χ3v) is 2.49. The molecule has 0 spiro atoms.